The lowest BCUT2D eigenvalue weighted by molar-refractivity contribution is -0.132. The molecule has 27 heavy (non-hydrogen) atoms. The van der Waals surface area contributed by atoms with Crippen LogP contribution < -0.4 is 4.90 Å². The van der Waals surface area contributed by atoms with Crippen molar-refractivity contribution in [2.24, 2.45) is 0 Å². The zero-order chi connectivity index (χ0) is 19.3. The molecule has 1 aromatic carbocycles. The number of ether oxygens (including phenoxy) is 1. The highest BCUT2D eigenvalue weighted by atomic mass is 32.2. The molecule has 7 nitrogen and oxygen atoms in total. The number of nitriles is 1. The molecule has 0 aromatic heterocycles. The average molecular weight is 391 g/mol. The van der Waals surface area contributed by atoms with Crippen LogP contribution in [-0.2, 0) is 19.6 Å². The number of nitrogens with zero attached hydrogens (tertiary/aromatic N) is 3. The summed E-state index contributed by atoms with van der Waals surface area (Å²) in [5.74, 6) is -0.167. The van der Waals surface area contributed by atoms with E-state index in [1.165, 1.54) is 21.3 Å². The first-order valence-corrected chi connectivity index (χ1v) is 10.9. The van der Waals surface area contributed by atoms with E-state index < -0.39 is 16.1 Å². The number of benzene rings is 1. The van der Waals surface area contributed by atoms with E-state index in [1.807, 2.05) is 0 Å². The molecule has 3 rings (SSSR count). The minimum absolute atomic E-state index is 0.167. The summed E-state index contributed by atoms with van der Waals surface area (Å²) in [6.45, 7) is 1.93. The third kappa shape index (κ3) is 4.49. The van der Waals surface area contributed by atoms with Crippen molar-refractivity contribution in [1.29, 1.82) is 5.26 Å². The molecule has 2 aliphatic heterocycles. The van der Waals surface area contributed by atoms with Crippen LogP contribution in [0.3, 0.4) is 0 Å². The van der Waals surface area contributed by atoms with Gasteiger partial charge in [0, 0.05) is 31.9 Å². The van der Waals surface area contributed by atoms with Gasteiger partial charge in [-0.15, -0.1) is 0 Å². The molecule has 1 amide bonds. The van der Waals surface area contributed by atoms with Crippen molar-refractivity contribution < 1.29 is 17.9 Å². The van der Waals surface area contributed by atoms with E-state index in [-0.39, 0.29) is 23.8 Å². The molecular weight excluding hydrogens is 366 g/mol. The fourth-order valence-electron chi connectivity index (χ4n) is 3.51. The van der Waals surface area contributed by atoms with Crippen LogP contribution in [-0.4, -0.2) is 51.0 Å². The smallest absolute Gasteiger partial charge is 0.256 e. The number of anilines is 1. The fraction of sp³-hybridized carbons (Fsp3) is 0.579. The van der Waals surface area contributed by atoms with Gasteiger partial charge in [0.25, 0.3) is 5.91 Å². The highest BCUT2D eigenvalue weighted by Crippen LogP contribution is 2.25. The predicted molar refractivity (Wildman–Crippen MR) is 101 cm³/mol. The second-order valence-electron chi connectivity index (χ2n) is 6.86. The Balaban J connectivity index is 1.80. The van der Waals surface area contributed by atoms with Crippen molar-refractivity contribution in [1.82, 2.24) is 4.31 Å². The number of hydrogen-bond donors (Lipinski definition) is 0. The van der Waals surface area contributed by atoms with Crippen LogP contribution in [0.1, 0.15) is 38.5 Å². The number of hydrogen-bond acceptors (Lipinski definition) is 5. The van der Waals surface area contributed by atoms with Crippen LogP contribution in [0.15, 0.2) is 29.2 Å². The molecule has 8 heteroatoms. The van der Waals surface area contributed by atoms with Crippen molar-refractivity contribution in [3.63, 3.8) is 0 Å². The van der Waals surface area contributed by atoms with E-state index in [4.69, 9.17) is 10.00 Å². The SMILES string of the molecule is N#CCCN(C(=O)C1CCCCO1)c1ccc(S(=O)(=O)N2CCCC2)cc1. The Morgan fingerprint density at radius 1 is 1.19 bits per heavy atom. The number of rotatable bonds is 6. The van der Waals surface area contributed by atoms with Crippen molar-refractivity contribution in [3.05, 3.63) is 24.3 Å². The molecule has 0 bridgehead atoms. The zero-order valence-electron chi connectivity index (χ0n) is 15.3. The van der Waals surface area contributed by atoms with Crippen LogP contribution in [0.2, 0.25) is 0 Å². The monoisotopic (exact) mass is 391 g/mol. The fourth-order valence-corrected chi connectivity index (χ4v) is 5.03. The van der Waals surface area contributed by atoms with Crippen LogP contribution in [0.25, 0.3) is 0 Å². The third-order valence-electron chi connectivity index (χ3n) is 5.02. The molecule has 2 fully saturated rings. The molecule has 2 saturated heterocycles. The van der Waals surface area contributed by atoms with Gasteiger partial charge < -0.3 is 9.64 Å². The molecule has 1 aromatic rings. The summed E-state index contributed by atoms with van der Waals surface area (Å²) in [4.78, 5) is 14.6. The van der Waals surface area contributed by atoms with Gasteiger partial charge in [0.2, 0.25) is 10.0 Å². The van der Waals surface area contributed by atoms with Crippen molar-refractivity contribution in [3.8, 4) is 6.07 Å². The lowest BCUT2D eigenvalue weighted by Crippen LogP contribution is -2.42. The Kier molecular flexibility index (Phi) is 6.47. The molecule has 1 atom stereocenters. The molecule has 0 spiro atoms. The van der Waals surface area contributed by atoms with E-state index in [2.05, 4.69) is 6.07 Å². The minimum atomic E-state index is -3.49. The highest BCUT2D eigenvalue weighted by molar-refractivity contribution is 7.89. The molecular formula is C19H25N3O4S. The summed E-state index contributed by atoms with van der Waals surface area (Å²) in [6.07, 6.45) is 4.03. The molecule has 0 saturated carbocycles. The zero-order valence-corrected chi connectivity index (χ0v) is 16.2. The van der Waals surface area contributed by atoms with E-state index in [0.717, 1.165) is 25.7 Å². The predicted octanol–water partition coefficient (Wildman–Crippen LogP) is 2.29. The summed E-state index contributed by atoms with van der Waals surface area (Å²) in [7, 11) is -3.49. The molecule has 1 unspecified atom stereocenters. The molecule has 0 radical (unpaired) electrons. The maximum atomic E-state index is 12.9. The van der Waals surface area contributed by atoms with E-state index >= 15 is 0 Å². The highest BCUT2D eigenvalue weighted by Gasteiger charge is 2.29. The van der Waals surface area contributed by atoms with E-state index in [1.54, 1.807) is 12.1 Å². The van der Waals surface area contributed by atoms with Gasteiger partial charge in [-0.1, -0.05) is 0 Å². The van der Waals surface area contributed by atoms with Crippen LogP contribution in [0.5, 0.6) is 0 Å². The molecule has 146 valence electrons. The average Bonchev–Trinajstić information content (AvgIpc) is 3.25. The Morgan fingerprint density at radius 3 is 2.48 bits per heavy atom. The molecule has 0 aliphatic carbocycles. The standard InChI is InChI=1S/C19H25N3O4S/c20-11-5-14-22(19(23)18-6-1-4-15-26-18)16-7-9-17(10-8-16)27(24,25)21-12-2-3-13-21/h7-10,18H,1-6,12-15H2. The Morgan fingerprint density at radius 2 is 1.89 bits per heavy atom. The summed E-state index contributed by atoms with van der Waals surface area (Å²) in [5, 5.41) is 8.92. The van der Waals surface area contributed by atoms with Gasteiger partial charge >= 0.3 is 0 Å². The van der Waals surface area contributed by atoms with Gasteiger partial charge in [-0.2, -0.15) is 9.57 Å². The van der Waals surface area contributed by atoms with Gasteiger partial charge in [-0.25, -0.2) is 8.42 Å². The Labute approximate surface area is 160 Å². The first kappa shape index (κ1) is 19.8. The lowest BCUT2D eigenvalue weighted by atomic mass is 10.1. The summed E-state index contributed by atoms with van der Waals surface area (Å²) < 4.78 is 32.4. The van der Waals surface area contributed by atoms with Gasteiger partial charge in [-0.3, -0.25) is 4.79 Å². The summed E-state index contributed by atoms with van der Waals surface area (Å²) >= 11 is 0. The van der Waals surface area contributed by atoms with Crippen LogP contribution in [0.4, 0.5) is 5.69 Å². The topological polar surface area (TPSA) is 90.7 Å². The summed E-state index contributed by atoms with van der Waals surface area (Å²) in [5.41, 5.74) is 0.588. The third-order valence-corrected chi connectivity index (χ3v) is 6.93. The molecule has 0 N–H and O–H groups in total. The molecule has 2 aliphatic rings. The maximum Gasteiger partial charge on any atom is 0.256 e. The number of amides is 1. The number of carbonyl (C=O) groups excluding carboxylic acids is 1. The van der Waals surface area contributed by atoms with Crippen LogP contribution >= 0.6 is 0 Å². The Hall–Kier alpha value is -1.95. The van der Waals surface area contributed by atoms with Crippen molar-refractivity contribution >= 4 is 21.6 Å². The van der Waals surface area contributed by atoms with Crippen LogP contribution in [0, 0.1) is 11.3 Å². The van der Waals surface area contributed by atoms with Gasteiger partial charge in [0.15, 0.2) is 0 Å². The summed E-state index contributed by atoms with van der Waals surface area (Å²) in [6, 6.07) is 8.42. The normalized spacial score (nSPS) is 20.9. The second kappa shape index (κ2) is 8.83. The minimum Gasteiger partial charge on any atom is -0.368 e. The number of sulfonamides is 1. The Bertz CT molecular complexity index is 789. The first-order chi connectivity index (χ1) is 13.0. The lowest BCUT2D eigenvalue weighted by Gasteiger charge is -2.29. The quantitative estimate of drug-likeness (QED) is 0.742. The maximum absolute atomic E-state index is 12.9. The van der Waals surface area contributed by atoms with Crippen molar-refractivity contribution in [2.45, 2.75) is 49.5 Å². The van der Waals surface area contributed by atoms with Crippen molar-refractivity contribution in [2.75, 3.05) is 31.1 Å². The first-order valence-electron chi connectivity index (χ1n) is 9.44. The van der Waals surface area contributed by atoms with E-state index in [0.29, 0.717) is 31.8 Å². The largest absolute Gasteiger partial charge is 0.368 e. The number of carbonyl (C=O) groups is 1. The van der Waals surface area contributed by atoms with Gasteiger partial charge in [-0.05, 0) is 56.4 Å². The van der Waals surface area contributed by atoms with Gasteiger partial charge in [0.05, 0.1) is 17.4 Å². The van der Waals surface area contributed by atoms with Gasteiger partial charge in [0.1, 0.15) is 6.10 Å². The second-order valence-corrected chi connectivity index (χ2v) is 8.80. The molecule has 2 heterocycles. The van der Waals surface area contributed by atoms with E-state index in [9.17, 15) is 13.2 Å².